The van der Waals surface area contributed by atoms with Crippen molar-refractivity contribution in [2.24, 2.45) is 5.73 Å². The predicted molar refractivity (Wildman–Crippen MR) is 111 cm³/mol. The minimum Gasteiger partial charge on any atom is -0.388 e. The van der Waals surface area contributed by atoms with Gasteiger partial charge in [0, 0.05) is 30.8 Å². The fraction of sp³-hybridized carbons (Fsp3) is 0.409. The second-order valence-electron chi connectivity index (χ2n) is 7.27. The standard InChI is InChI=1S/C22H30N4O3/c1-17(23)7-6-12-24-21(27)20-10-13-26(14-11-20)16-29-22(28)25-18(2)15-19-8-4-3-5-9-19/h3-5,8-11,13-14,17-18H,6-7,12,15-16,23H2,1-2H3,(H-,24,25,27,28)/p+1/t17-,18+/m1/s1. The van der Waals surface area contributed by atoms with Gasteiger partial charge < -0.3 is 21.1 Å². The minimum atomic E-state index is -0.475. The zero-order valence-electron chi connectivity index (χ0n) is 17.1. The highest BCUT2D eigenvalue weighted by Gasteiger charge is 2.12. The zero-order valence-corrected chi connectivity index (χ0v) is 17.1. The van der Waals surface area contributed by atoms with Gasteiger partial charge in [0.25, 0.3) is 12.6 Å². The van der Waals surface area contributed by atoms with Crippen LogP contribution in [0.5, 0.6) is 0 Å². The number of alkyl carbamates (subject to hydrolysis) is 1. The van der Waals surface area contributed by atoms with Crippen molar-refractivity contribution in [3.63, 3.8) is 0 Å². The predicted octanol–water partition coefficient (Wildman–Crippen LogP) is 2.15. The summed E-state index contributed by atoms with van der Waals surface area (Å²) in [6.45, 7) is 4.55. The van der Waals surface area contributed by atoms with E-state index in [-0.39, 0.29) is 24.7 Å². The third kappa shape index (κ3) is 8.74. The molecule has 7 heteroatoms. The van der Waals surface area contributed by atoms with E-state index in [1.54, 1.807) is 29.1 Å². The van der Waals surface area contributed by atoms with Gasteiger partial charge in [-0.15, -0.1) is 0 Å². The van der Waals surface area contributed by atoms with Gasteiger partial charge in [0.15, 0.2) is 12.4 Å². The number of aromatic nitrogens is 1. The molecule has 0 spiro atoms. The van der Waals surface area contributed by atoms with E-state index in [0.29, 0.717) is 12.1 Å². The lowest BCUT2D eigenvalue weighted by Crippen LogP contribution is -2.40. The van der Waals surface area contributed by atoms with Crippen LogP contribution in [0.1, 0.15) is 42.6 Å². The summed E-state index contributed by atoms with van der Waals surface area (Å²) in [5.41, 5.74) is 7.40. The van der Waals surface area contributed by atoms with Gasteiger partial charge in [0.1, 0.15) is 0 Å². The molecule has 0 saturated heterocycles. The molecule has 0 saturated carbocycles. The fourth-order valence-corrected chi connectivity index (χ4v) is 2.82. The van der Waals surface area contributed by atoms with Crippen molar-refractivity contribution in [3.05, 3.63) is 66.0 Å². The number of nitrogens with zero attached hydrogens (tertiary/aromatic N) is 1. The Morgan fingerprint density at radius 3 is 2.45 bits per heavy atom. The lowest BCUT2D eigenvalue weighted by Gasteiger charge is -2.13. The molecule has 0 radical (unpaired) electrons. The van der Waals surface area contributed by atoms with Crippen molar-refractivity contribution >= 4 is 12.0 Å². The minimum absolute atomic E-state index is 0.0387. The van der Waals surface area contributed by atoms with E-state index in [4.69, 9.17) is 10.5 Å². The Hall–Kier alpha value is -2.93. The van der Waals surface area contributed by atoms with E-state index in [2.05, 4.69) is 10.6 Å². The Bertz CT molecular complexity index is 763. The van der Waals surface area contributed by atoms with Crippen LogP contribution in [0.2, 0.25) is 0 Å². The maximum atomic E-state index is 12.1. The lowest BCUT2D eigenvalue weighted by atomic mass is 10.1. The van der Waals surface area contributed by atoms with Crippen molar-refractivity contribution in [2.75, 3.05) is 6.54 Å². The molecule has 2 amide bonds. The molecule has 7 nitrogen and oxygen atoms in total. The van der Waals surface area contributed by atoms with E-state index in [9.17, 15) is 9.59 Å². The van der Waals surface area contributed by atoms with Crippen molar-refractivity contribution < 1.29 is 18.9 Å². The molecule has 0 aliphatic rings. The van der Waals surface area contributed by atoms with Crippen LogP contribution in [-0.4, -0.2) is 30.6 Å². The van der Waals surface area contributed by atoms with Crippen LogP contribution in [-0.2, 0) is 17.9 Å². The number of hydrogen-bond donors (Lipinski definition) is 3. The summed E-state index contributed by atoms with van der Waals surface area (Å²) in [5.74, 6) is -0.129. The van der Waals surface area contributed by atoms with Crippen LogP contribution < -0.4 is 20.9 Å². The molecule has 0 aliphatic heterocycles. The third-order valence-corrected chi connectivity index (χ3v) is 4.37. The number of carbonyl (C=O) groups is 2. The quantitative estimate of drug-likeness (QED) is 0.421. The molecule has 0 aliphatic carbocycles. The summed E-state index contributed by atoms with van der Waals surface area (Å²) < 4.78 is 6.93. The molecule has 0 fully saturated rings. The van der Waals surface area contributed by atoms with Gasteiger partial charge >= 0.3 is 6.09 Å². The topological polar surface area (TPSA) is 97.3 Å². The maximum absolute atomic E-state index is 12.1. The average molecular weight is 400 g/mol. The number of carbonyl (C=O) groups excluding carboxylic acids is 2. The molecular formula is C22H31N4O3+. The largest absolute Gasteiger partial charge is 0.412 e. The summed E-state index contributed by atoms with van der Waals surface area (Å²) in [6.07, 6.45) is 5.39. The number of ether oxygens (including phenoxy) is 1. The second kappa shape index (κ2) is 11.8. The van der Waals surface area contributed by atoms with Crippen molar-refractivity contribution in [3.8, 4) is 0 Å². The number of nitrogens with one attached hydrogen (secondary N) is 2. The van der Waals surface area contributed by atoms with E-state index < -0.39 is 6.09 Å². The summed E-state index contributed by atoms with van der Waals surface area (Å²) in [6, 6.07) is 13.4. The van der Waals surface area contributed by atoms with E-state index >= 15 is 0 Å². The van der Waals surface area contributed by atoms with Gasteiger partial charge in [-0.1, -0.05) is 30.3 Å². The molecule has 1 heterocycles. The van der Waals surface area contributed by atoms with Gasteiger partial charge in [-0.25, -0.2) is 4.79 Å². The van der Waals surface area contributed by atoms with Gasteiger partial charge in [0.2, 0.25) is 0 Å². The first-order valence-corrected chi connectivity index (χ1v) is 9.94. The molecule has 1 aromatic carbocycles. The first kappa shape index (κ1) is 22.4. The molecule has 2 aromatic rings. The van der Waals surface area contributed by atoms with E-state index in [0.717, 1.165) is 24.8 Å². The molecule has 2 atom stereocenters. The molecule has 29 heavy (non-hydrogen) atoms. The fourth-order valence-electron chi connectivity index (χ4n) is 2.82. The highest BCUT2D eigenvalue weighted by molar-refractivity contribution is 5.93. The molecule has 156 valence electrons. The Balaban J connectivity index is 1.70. The monoisotopic (exact) mass is 399 g/mol. The number of nitrogens with two attached hydrogens (primary N) is 1. The maximum Gasteiger partial charge on any atom is 0.412 e. The average Bonchev–Trinajstić information content (AvgIpc) is 2.70. The summed E-state index contributed by atoms with van der Waals surface area (Å²) in [7, 11) is 0. The van der Waals surface area contributed by atoms with Gasteiger partial charge in [-0.05, 0) is 38.7 Å². The first-order chi connectivity index (χ1) is 13.9. The van der Waals surface area contributed by atoms with Crippen LogP contribution in [0, 0.1) is 0 Å². The normalized spacial score (nSPS) is 12.7. The van der Waals surface area contributed by atoms with Gasteiger partial charge in [0.05, 0.1) is 5.56 Å². The number of hydrogen-bond acceptors (Lipinski definition) is 4. The summed E-state index contributed by atoms with van der Waals surface area (Å²) in [4.78, 5) is 24.1. The number of rotatable bonds is 10. The van der Waals surface area contributed by atoms with Crippen LogP contribution in [0.4, 0.5) is 4.79 Å². The zero-order chi connectivity index (χ0) is 21.1. The molecular weight excluding hydrogens is 368 g/mol. The summed E-state index contributed by atoms with van der Waals surface area (Å²) in [5, 5.41) is 5.68. The number of benzene rings is 1. The highest BCUT2D eigenvalue weighted by Crippen LogP contribution is 2.03. The molecule has 4 N–H and O–H groups in total. The van der Waals surface area contributed by atoms with Crippen LogP contribution >= 0.6 is 0 Å². The third-order valence-electron chi connectivity index (χ3n) is 4.37. The van der Waals surface area contributed by atoms with Gasteiger partial charge in [-0.3, -0.25) is 4.79 Å². The van der Waals surface area contributed by atoms with Crippen LogP contribution in [0.15, 0.2) is 54.9 Å². The van der Waals surface area contributed by atoms with E-state index in [1.807, 2.05) is 44.2 Å². The van der Waals surface area contributed by atoms with E-state index in [1.165, 1.54) is 0 Å². The lowest BCUT2D eigenvalue weighted by molar-refractivity contribution is -0.727. The van der Waals surface area contributed by atoms with Crippen LogP contribution in [0.3, 0.4) is 0 Å². The first-order valence-electron chi connectivity index (χ1n) is 9.94. The molecule has 0 bridgehead atoms. The Kier molecular flexibility index (Phi) is 9.11. The molecule has 0 unspecified atom stereocenters. The smallest absolute Gasteiger partial charge is 0.388 e. The SMILES string of the molecule is C[C@@H](N)CCCNC(=O)c1cc[n+](COC(=O)N[C@@H](C)Cc2ccccc2)cc1. The Morgan fingerprint density at radius 2 is 1.79 bits per heavy atom. The van der Waals surface area contributed by atoms with Crippen molar-refractivity contribution in [1.82, 2.24) is 10.6 Å². The number of pyridine rings is 1. The summed E-state index contributed by atoms with van der Waals surface area (Å²) >= 11 is 0. The number of amides is 2. The van der Waals surface area contributed by atoms with Gasteiger partial charge in [-0.2, -0.15) is 4.57 Å². The Labute approximate surface area is 172 Å². The Morgan fingerprint density at radius 1 is 1.10 bits per heavy atom. The molecule has 1 aromatic heterocycles. The van der Waals surface area contributed by atoms with Crippen molar-refractivity contribution in [1.29, 1.82) is 0 Å². The molecule has 2 rings (SSSR count). The van der Waals surface area contributed by atoms with Crippen LogP contribution in [0.25, 0.3) is 0 Å². The highest BCUT2D eigenvalue weighted by atomic mass is 16.6. The van der Waals surface area contributed by atoms with Crippen molar-refractivity contribution in [2.45, 2.75) is 51.9 Å². The second-order valence-corrected chi connectivity index (χ2v) is 7.27.